The lowest BCUT2D eigenvalue weighted by atomic mass is 9.98. The van der Waals surface area contributed by atoms with Gasteiger partial charge in [0, 0.05) is 5.54 Å². The first-order chi connectivity index (χ1) is 8.79. The number of hydrogen-bond acceptors (Lipinski definition) is 3. The Morgan fingerprint density at radius 1 is 1.37 bits per heavy atom. The summed E-state index contributed by atoms with van der Waals surface area (Å²) in [6, 6.07) is 5.17. The highest BCUT2D eigenvalue weighted by molar-refractivity contribution is 7.89. The highest BCUT2D eigenvalue weighted by atomic mass is 32.2. The zero-order valence-electron chi connectivity index (χ0n) is 11.2. The smallest absolute Gasteiger partial charge is 0.207 e. The number of sulfonamides is 1. The van der Waals surface area contributed by atoms with Crippen molar-refractivity contribution in [1.29, 1.82) is 5.26 Å². The fourth-order valence-corrected chi connectivity index (χ4v) is 3.33. The van der Waals surface area contributed by atoms with Crippen LogP contribution in [0.2, 0.25) is 0 Å². The maximum atomic E-state index is 13.5. The summed E-state index contributed by atoms with van der Waals surface area (Å²) < 4.78 is 40.5. The summed E-state index contributed by atoms with van der Waals surface area (Å²) in [7, 11) is -3.92. The van der Waals surface area contributed by atoms with E-state index in [1.165, 1.54) is 12.1 Å². The second-order valence-corrected chi connectivity index (χ2v) is 6.25. The highest BCUT2D eigenvalue weighted by Gasteiger charge is 2.29. The molecule has 0 radical (unpaired) electrons. The Hall–Kier alpha value is -1.45. The van der Waals surface area contributed by atoms with Crippen LogP contribution in [0.1, 0.15) is 39.2 Å². The van der Waals surface area contributed by atoms with Gasteiger partial charge in [-0.05, 0) is 31.9 Å². The van der Waals surface area contributed by atoms with Gasteiger partial charge in [-0.3, -0.25) is 0 Å². The van der Waals surface area contributed by atoms with Gasteiger partial charge in [0.05, 0.1) is 0 Å². The molecule has 0 saturated carbocycles. The molecule has 1 aromatic carbocycles. The zero-order chi connectivity index (χ0) is 14.7. The predicted molar refractivity (Wildman–Crippen MR) is 70.4 cm³/mol. The van der Waals surface area contributed by atoms with Crippen molar-refractivity contribution in [2.75, 3.05) is 0 Å². The lowest BCUT2D eigenvalue weighted by Crippen LogP contribution is -2.45. The van der Waals surface area contributed by atoms with Crippen molar-refractivity contribution in [3.05, 3.63) is 29.6 Å². The maximum absolute atomic E-state index is 13.5. The molecule has 0 aliphatic rings. The highest BCUT2D eigenvalue weighted by Crippen LogP contribution is 2.22. The molecule has 0 bridgehead atoms. The number of nitrogens with one attached hydrogen (secondary N) is 1. The van der Waals surface area contributed by atoms with Crippen LogP contribution in [-0.4, -0.2) is 14.0 Å². The van der Waals surface area contributed by atoms with Gasteiger partial charge < -0.3 is 0 Å². The molecule has 6 heteroatoms. The van der Waals surface area contributed by atoms with Gasteiger partial charge in [0.15, 0.2) is 0 Å². The van der Waals surface area contributed by atoms with Crippen molar-refractivity contribution in [2.24, 2.45) is 0 Å². The van der Waals surface area contributed by atoms with E-state index in [2.05, 4.69) is 4.72 Å². The van der Waals surface area contributed by atoms with Crippen molar-refractivity contribution < 1.29 is 12.8 Å². The molecule has 0 aromatic heterocycles. The van der Waals surface area contributed by atoms with Gasteiger partial charge in [-0.2, -0.15) is 5.26 Å². The van der Waals surface area contributed by atoms with E-state index in [0.717, 1.165) is 6.07 Å². The van der Waals surface area contributed by atoms with E-state index < -0.39 is 26.9 Å². The minimum absolute atomic E-state index is 0.317. The van der Waals surface area contributed by atoms with Crippen LogP contribution in [-0.2, 0) is 10.0 Å². The Kier molecular flexibility index (Phi) is 4.66. The maximum Gasteiger partial charge on any atom is 0.242 e. The van der Waals surface area contributed by atoms with Crippen LogP contribution < -0.4 is 4.72 Å². The van der Waals surface area contributed by atoms with Gasteiger partial charge in [0.2, 0.25) is 10.0 Å². The van der Waals surface area contributed by atoms with E-state index in [4.69, 9.17) is 5.26 Å². The zero-order valence-corrected chi connectivity index (χ0v) is 12.0. The molecule has 104 valence electrons. The fourth-order valence-electron chi connectivity index (χ4n) is 1.61. The third-order valence-electron chi connectivity index (χ3n) is 3.32. The summed E-state index contributed by atoms with van der Waals surface area (Å²) >= 11 is 0. The Labute approximate surface area is 113 Å². The molecule has 4 nitrogen and oxygen atoms in total. The van der Waals surface area contributed by atoms with Crippen molar-refractivity contribution in [1.82, 2.24) is 4.72 Å². The molecule has 19 heavy (non-hydrogen) atoms. The molecular formula is C13H17FN2O2S. The third kappa shape index (κ3) is 3.31. The summed E-state index contributed by atoms with van der Waals surface area (Å²) in [5.74, 6) is -0.833. The van der Waals surface area contributed by atoms with E-state index in [1.54, 1.807) is 13.0 Å². The van der Waals surface area contributed by atoms with E-state index in [0.29, 0.717) is 12.8 Å². The van der Waals surface area contributed by atoms with Crippen LogP contribution in [0.15, 0.2) is 23.1 Å². The second-order valence-electron chi connectivity index (χ2n) is 4.60. The van der Waals surface area contributed by atoms with Crippen LogP contribution in [0.5, 0.6) is 0 Å². The molecule has 0 fully saturated rings. The van der Waals surface area contributed by atoms with Gasteiger partial charge in [-0.25, -0.2) is 17.5 Å². The lowest BCUT2D eigenvalue weighted by molar-refractivity contribution is 0.388. The number of nitrogens with zero attached hydrogens (tertiary/aromatic N) is 1. The quantitative estimate of drug-likeness (QED) is 0.903. The first-order valence-electron chi connectivity index (χ1n) is 6.02. The van der Waals surface area contributed by atoms with Crippen LogP contribution in [0.3, 0.4) is 0 Å². The van der Waals surface area contributed by atoms with E-state index in [-0.39, 0.29) is 4.90 Å². The molecule has 0 atom stereocenters. The summed E-state index contributed by atoms with van der Waals surface area (Å²) in [4.78, 5) is -0.317. The second kappa shape index (κ2) is 5.68. The average Bonchev–Trinajstić information content (AvgIpc) is 2.37. The SMILES string of the molecule is CCC(C)(CC)NS(=O)(=O)c1cccc(F)c1C#N. The first-order valence-corrected chi connectivity index (χ1v) is 7.50. The summed E-state index contributed by atoms with van der Waals surface area (Å²) in [5, 5.41) is 8.89. The molecule has 1 rings (SSSR count). The molecule has 0 unspecified atom stereocenters. The monoisotopic (exact) mass is 284 g/mol. The van der Waals surface area contributed by atoms with Gasteiger partial charge in [-0.15, -0.1) is 0 Å². The minimum atomic E-state index is -3.92. The summed E-state index contributed by atoms with van der Waals surface area (Å²) in [6.45, 7) is 5.50. The molecule has 1 N–H and O–H groups in total. The van der Waals surface area contributed by atoms with Gasteiger partial charge in [0.25, 0.3) is 0 Å². The standard InChI is InChI=1S/C13H17FN2O2S/c1-4-13(3,5-2)16-19(17,18)12-8-6-7-11(14)10(12)9-15/h6-8,16H,4-5H2,1-3H3. The summed E-state index contributed by atoms with van der Waals surface area (Å²) in [6.07, 6.45) is 1.19. The minimum Gasteiger partial charge on any atom is -0.207 e. The molecule has 0 saturated heterocycles. The van der Waals surface area contributed by atoms with Crippen molar-refractivity contribution in [3.8, 4) is 6.07 Å². The lowest BCUT2D eigenvalue weighted by Gasteiger charge is -2.28. The van der Waals surface area contributed by atoms with Gasteiger partial charge in [0.1, 0.15) is 22.3 Å². The number of benzene rings is 1. The molecule has 0 heterocycles. The molecule has 1 aromatic rings. The number of rotatable bonds is 5. The fraction of sp³-hybridized carbons (Fsp3) is 0.462. The number of hydrogen-bond donors (Lipinski definition) is 1. The molecule has 0 aliphatic heterocycles. The van der Waals surface area contributed by atoms with E-state index >= 15 is 0 Å². The molecule has 0 amide bonds. The van der Waals surface area contributed by atoms with Crippen molar-refractivity contribution in [2.45, 2.75) is 44.0 Å². The largest absolute Gasteiger partial charge is 0.242 e. The summed E-state index contributed by atoms with van der Waals surface area (Å²) in [5.41, 5.74) is -1.07. The van der Waals surface area contributed by atoms with Gasteiger partial charge >= 0.3 is 0 Å². The van der Waals surface area contributed by atoms with Crippen LogP contribution >= 0.6 is 0 Å². The predicted octanol–water partition coefficient (Wildman–Crippen LogP) is 2.55. The Bertz CT molecular complexity index is 602. The number of nitriles is 1. The Balaban J connectivity index is 3.30. The van der Waals surface area contributed by atoms with E-state index in [9.17, 15) is 12.8 Å². The van der Waals surface area contributed by atoms with Crippen LogP contribution in [0.4, 0.5) is 4.39 Å². The van der Waals surface area contributed by atoms with Crippen molar-refractivity contribution >= 4 is 10.0 Å². The van der Waals surface area contributed by atoms with Crippen LogP contribution in [0.25, 0.3) is 0 Å². The normalized spacial score (nSPS) is 12.2. The Morgan fingerprint density at radius 2 is 1.95 bits per heavy atom. The average molecular weight is 284 g/mol. The first kappa shape index (κ1) is 15.6. The Morgan fingerprint density at radius 3 is 2.42 bits per heavy atom. The topological polar surface area (TPSA) is 70.0 Å². The van der Waals surface area contributed by atoms with Crippen LogP contribution in [0, 0.1) is 17.1 Å². The molecule has 0 aliphatic carbocycles. The van der Waals surface area contributed by atoms with Crippen molar-refractivity contribution in [3.63, 3.8) is 0 Å². The third-order valence-corrected chi connectivity index (χ3v) is 5.00. The molecule has 0 spiro atoms. The van der Waals surface area contributed by atoms with E-state index in [1.807, 2.05) is 13.8 Å². The molecular weight excluding hydrogens is 267 g/mol. The number of halogens is 1. The van der Waals surface area contributed by atoms with Gasteiger partial charge in [-0.1, -0.05) is 19.9 Å².